The summed E-state index contributed by atoms with van der Waals surface area (Å²) in [6.07, 6.45) is 0. The smallest absolute Gasteiger partial charge is 0.0930 e. The van der Waals surface area contributed by atoms with Gasteiger partial charge in [0.1, 0.15) is 0 Å². The quantitative estimate of drug-likeness (QED) is 0.687. The van der Waals surface area contributed by atoms with E-state index >= 15 is 0 Å². The molecule has 3 heteroatoms. The Morgan fingerprint density at radius 2 is 2.15 bits per heavy atom. The van der Waals surface area contributed by atoms with Crippen molar-refractivity contribution in [3.05, 3.63) is 34.9 Å². The molecule has 0 saturated carbocycles. The van der Waals surface area contributed by atoms with Crippen molar-refractivity contribution in [2.75, 3.05) is 7.05 Å². The van der Waals surface area contributed by atoms with Gasteiger partial charge < -0.3 is 0 Å². The lowest BCUT2D eigenvalue weighted by Crippen LogP contribution is -2.07. The van der Waals surface area contributed by atoms with Gasteiger partial charge in [0.15, 0.2) is 0 Å². The van der Waals surface area contributed by atoms with Crippen molar-refractivity contribution >= 4 is 0 Å². The first-order valence-corrected chi connectivity index (χ1v) is 4.40. The van der Waals surface area contributed by atoms with Gasteiger partial charge in [-0.05, 0) is 23.7 Å². The molecule has 1 aliphatic rings. The lowest BCUT2D eigenvalue weighted by molar-refractivity contribution is 0.124. The number of fused-ring (bicyclic) bond motifs is 1. The van der Waals surface area contributed by atoms with Crippen LogP contribution in [0.15, 0.2) is 18.2 Å². The predicted molar refractivity (Wildman–Crippen MR) is 50.6 cm³/mol. The Hall–Kier alpha value is -0.900. The van der Waals surface area contributed by atoms with E-state index in [1.807, 2.05) is 0 Å². The maximum absolute atomic E-state index is 5.02. The summed E-state index contributed by atoms with van der Waals surface area (Å²) in [6, 6.07) is 6.41. The monoisotopic (exact) mass is 178 g/mol. The first-order chi connectivity index (χ1) is 6.29. The zero-order valence-corrected chi connectivity index (χ0v) is 7.79. The number of benzene rings is 1. The van der Waals surface area contributed by atoms with Crippen molar-refractivity contribution in [3.63, 3.8) is 0 Å². The van der Waals surface area contributed by atoms with Gasteiger partial charge >= 0.3 is 0 Å². The van der Waals surface area contributed by atoms with Crippen LogP contribution >= 0.6 is 0 Å². The van der Waals surface area contributed by atoms with Crippen molar-refractivity contribution in [1.29, 1.82) is 0 Å². The highest BCUT2D eigenvalue weighted by molar-refractivity contribution is 5.34. The van der Waals surface area contributed by atoms with Crippen molar-refractivity contribution < 1.29 is 4.84 Å². The molecule has 1 aromatic carbocycles. The Balaban J connectivity index is 2.24. The normalized spacial score (nSPS) is 16.2. The van der Waals surface area contributed by atoms with Crippen LogP contribution in [0.25, 0.3) is 0 Å². The molecule has 0 bridgehead atoms. The first-order valence-electron chi connectivity index (χ1n) is 4.40. The number of nitrogens with two attached hydrogens (primary N) is 1. The molecule has 0 fully saturated rings. The summed E-state index contributed by atoms with van der Waals surface area (Å²) in [4.78, 5) is 6.89. The van der Waals surface area contributed by atoms with Gasteiger partial charge in [0.25, 0.3) is 0 Å². The molecule has 0 aromatic heterocycles. The van der Waals surface area contributed by atoms with E-state index in [1.54, 1.807) is 0 Å². The van der Waals surface area contributed by atoms with Crippen LogP contribution in [0.4, 0.5) is 0 Å². The van der Waals surface area contributed by atoms with Crippen LogP contribution in [-0.4, -0.2) is 11.9 Å². The molecule has 3 nitrogen and oxygen atoms in total. The van der Waals surface area contributed by atoms with Crippen LogP contribution in [0.2, 0.25) is 0 Å². The van der Waals surface area contributed by atoms with Crippen molar-refractivity contribution in [3.8, 4) is 0 Å². The molecular formula is C10H14N2O. The first kappa shape index (κ1) is 8.69. The molecular weight excluding hydrogens is 164 g/mol. The fraction of sp³-hybridized carbons (Fsp3) is 0.400. The number of hydrogen-bond donors (Lipinski definition) is 1. The Kier molecular flexibility index (Phi) is 2.31. The van der Waals surface area contributed by atoms with Crippen molar-refractivity contribution in [1.82, 2.24) is 4.90 Å². The van der Waals surface area contributed by atoms with E-state index in [0.29, 0.717) is 6.61 Å². The summed E-state index contributed by atoms with van der Waals surface area (Å²) >= 11 is 0. The molecule has 0 amide bonds. The molecule has 2 rings (SSSR count). The summed E-state index contributed by atoms with van der Waals surface area (Å²) in [5, 5.41) is 0. The zero-order chi connectivity index (χ0) is 9.26. The summed E-state index contributed by atoms with van der Waals surface area (Å²) < 4.78 is 0. The van der Waals surface area contributed by atoms with Crippen LogP contribution in [0.5, 0.6) is 0 Å². The maximum Gasteiger partial charge on any atom is 0.0930 e. The Morgan fingerprint density at radius 1 is 1.38 bits per heavy atom. The molecule has 0 atom stereocenters. The molecule has 1 heterocycles. The summed E-state index contributed by atoms with van der Waals surface area (Å²) in [5.74, 6) is 5.02. The molecule has 0 saturated heterocycles. The number of nitrogens with zero attached hydrogens (tertiary/aromatic N) is 1. The highest BCUT2D eigenvalue weighted by Gasteiger charge is 2.14. The third-order valence-electron chi connectivity index (χ3n) is 2.40. The second kappa shape index (κ2) is 3.46. The second-order valence-electron chi connectivity index (χ2n) is 3.59. The minimum absolute atomic E-state index is 0.497. The standard InChI is InChI=1S/C10H14N2O/c1-12-5-9-3-2-8(7-13-11)4-10(9)6-12/h2-4H,5-7,11H2,1H3. The molecule has 1 aliphatic heterocycles. The molecule has 0 unspecified atom stereocenters. The fourth-order valence-corrected chi connectivity index (χ4v) is 1.80. The highest BCUT2D eigenvalue weighted by atomic mass is 16.6. The van der Waals surface area contributed by atoms with Crippen LogP contribution in [0.1, 0.15) is 16.7 Å². The van der Waals surface area contributed by atoms with E-state index in [1.165, 1.54) is 11.1 Å². The largest absolute Gasteiger partial charge is 0.300 e. The average Bonchev–Trinajstić information content (AvgIpc) is 2.44. The van der Waals surface area contributed by atoms with Crippen LogP contribution in [-0.2, 0) is 24.5 Å². The van der Waals surface area contributed by atoms with E-state index in [9.17, 15) is 0 Å². The fourth-order valence-electron chi connectivity index (χ4n) is 1.80. The van der Waals surface area contributed by atoms with E-state index < -0.39 is 0 Å². The second-order valence-corrected chi connectivity index (χ2v) is 3.59. The van der Waals surface area contributed by atoms with Gasteiger partial charge in [-0.2, -0.15) is 0 Å². The summed E-state index contributed by atoms with van der Waals surface area (Å²) in [5.41, 5.74) is 3.97. The van der Waals surface area contributed by atoms with E-state index in [2.05, 4.69) is 35.0 Å². The Morgan fingerprint density at radius 3 is 2.92 bits per heavy atom. The van der Waals surface area contributed by atoms with E-state index in [0.717, 1.165) is 18.7 Å². The van der Waals surface area contributed by atoms with Crippen molar-refractivity contribution in [2.45, 2.75) is 19.7 Å². The van der Waals surface area contributed by atoms with Crippen molar-refractivity contribution in [2.24, 2.45) is 5.90 Å². The molecule has 13 heavy (non-hydrogen) atoms. The van der Waals surface area contributed by atoms with Gasteiger partial charge in [-0.25, -0.2) is 5.90 Å². The minimum atomic E-state index is 0.497. The molecule has 0 aliphatic carbocycles. The zero-order valence-electron chi connectivity index (χ0n) is 7.79. The summed E-state index contributed by atoms with van der Waals surface area (Å²) in [6.45, 7) is 2.59. The maximum atomic E-state index is 5.02. The van der Waals surface area contributed by atoms with E-state index in [-0.39, 0.29) is 0 Å². The summed E-state index contributed by atoms with van der Waals surface area (Å²) in [7, 11) is 2.12. The SMILES string of the molecule is CN1Cc2ccc(CON)cc2C1. The van der Waals surface area contributed by atoms with Crippen LogP contribution in [0, 0.1) is 0 Å². The lowest BCUT2D eigenvalue weighted by Gasteiger charge is -2.03. The Bertz CT molecular complexity index is 312. The van der Waals surface area contributed by atoms with Gasteiger partial charge in [0, 0.05) is 13.1 Å². The van der Waals surface area contributed by atoms with Gasteiger partial charge in [-0.15, -0.1) is 0 Å². The molecule has 0 radical (unpaired) electrons. The van der Waals surface area contributed by atoms with Crippen LogP contribution in [0.3, 0.4) is 0 Å². The van der Waals surface area contributed by atoms with Crippen LogP contribution < -0.4 is 5.90 Å². The van der Waals surface area contributed by atoms with Gasteiger partial charge in [0.2, 0.25) is 0 Å². The average molecular weight is 178 g/mol. The van der Waals surface area contributed by atoms with Gasteiger partial charge in [-0.1, -0.05) is 18.2 Å². The third-order valence-corrected chi connectivity index (χ3v) is 2.40. The van der Waals surface area contributed by atoms with E-state index in [4.69, 9.17) is 5.90 Å². The van der Waals surface area contributed by atoms with Gasteiger partial charge in [0.05, 0.1) is 6.61 Å². The lowest BCUT2D eigenvalue weighted by atomic mass is 10.1. The molecule has 2 N–H and O–H groups in total. The number of hydrogen-bond acceptors (Lipinski definition) is 3. The Labute approximate surface area is 78.1 Å². The third kappa shape index (κ3) is 1.72. The minimum Gasteiger partial charge on any atom is -0.300 e. The highest BCUT2D eigenvalue weighted by Crippen LogP contribution is 2.22. The topological polar surface area (TPSA) is 38.5 Å². The van der Waals surface area contributed by atoms with Gasteiger partial charge in [-0.3, -0.25) is 9.74 Å². The number of rotatable bonds is 2. The molecule has 1 aromatic rings. The molecule has 70 valence electrons. The molecule has 0 spiro atoms. The predicted octanol–water partition coefficient (Wildman–Crippen LogP) is 1.02.